The molecule has 2 atom stereocenters. The number of benzene rings is 1. The van der Waals surface area contributed by atoms with Gasteiger partial charge < -0.3 is 9.30 Å². The third kappa shape index (κ3) is 1.78. The summed E-state index contributed by atoms with van der Waals surface area (Å²) in [7, 11) is 1.73. The smallest absolute Gasteiger partial charge is 0.151 e. The van der Waals surface area contributed by atoms with E-state index in [1.54, 1.807) is 13.2 Å². The number of rotatable bonds is 3. The van der Waals surface area contributed by atoms with Gasteiger partial charge in [-0.05, 0) is 18.6 Å². The predicted molar refractivity (Wildman–Crippen MR) is 77.5 cm³/mol. The quantitative estimate of drug-likeness (QED) is 0.803. The number of nitrogens with zero attached hydrogens (tertiary/aromatic N) is 2. The minimum Gasteiger partial charge on any atom is -0.381 e. The zero-order valence-corrected chi connectivity index (χ0v) is 12.6. The average molecular weight is 297 g/mol. The summed E-state index contributed by atoms with van der Waals surface area (Å²) in [5.41, 5.74) is 1.20. The molecule has 1 saturated carbocycles. The number of imidazole rings is 1. The van der Waals surface area contributed by atoms with Crippen LogP contribution in [0.4, 0.5) is 4.39 Å². The van der Waals surface area contributed by atoms with Crippen molar-refractivity contribution in [2.45, 2.75) is 38.3 Å². The Balaban J connectivity index is 2.14. The molecule has 1 aliphatic rings. The Morgan fingerprint density at radius 1 is 1.50 bits per heavy atom. The molecule has 0 spiro atoms. The molecule has 1 aliphatic carbocycles. The Bertz CT molecular complexity index is 653. The van der Waals surface area contributed by atoms with Crippen molar-refractivity contribution in [3.05, 3.63) is 29.8 Å². The second-order valence-electron chi connectivity index (χ2n) is 5.94. The van der Waals surface area contributed by atoms with Crippen molar-refractivity contribution in [1.82, 2.24) is 9.55 Å². The molecule has 1 fully saturated rings. The van der Waals surface area contributed by atoms with Crippen LogP contribution >= 0.6 is 11.6 Å². The maximum atomic E-state index is 13.9. The van der Waals surface area contributed by atoms with Gasteiger partial charge in [0, 0.05) is 18.6 Å². The maximum Gasteiger partial charge on any atom is 0.151 e. The van der Waals surface area contributed by atoms with Crippen molar-refractivity contribution in [1.29, 1.82) is 0 Å². The number of alkyl halides is 1. The van der Waals surface area contributed by atoms with Crippen molar-refractivity contribution < 1.29 is 9.13 Å². The maximum absolute atomic E-state index is 13.9. The lowest BCUT2D eigenvalue weighted by Gasteiger charge is -2.52. The van der Waals surface area contributed by atoms with E-state index in [1.807, 2.05) is 6.07 Å². The van der Waals surface area contributed by atoms with E-state index in [0.29, 0.717) is 5.52 Å². The number of methoxy groups -OCH3 is 1. The van der Waals surface area contributed by atoms with E-state index in [0.717, 1.165) is 17.8 Å². The summed E-state index contributed by atoms with van der Waals surface area (Å²) in [4.78, 5) is 4.37. The summed E-state index contributed by atoms with van der Waals surface area (Å²) in [5, 5.41) is 0. The SMILES string of the molecule is COC1CC(n2c(CCl)nc3c(F)cccc32)C1(C)C. The second-order valence-corrected chi connectivity index (χ2v) is 6.20. The summed E-state index contributed by atoms with van der Waals surface area (Å²) in [6.07, 6.45) is 1.11. The lowest BCUT2D eigenvalue weighted by Crippen LogP contribution is -2.51. The molecule has 3 rings (SSSR count). The molecule has 20 heavy (non-hydrogen) atoms. The molecule has 2 unspecified atom stereocenters. The van der Waals surface area contributed by atoms with E-state index >= 15 is 0 Å². The highest BCUT2D eigenvalue weighted by Gasteiger charge is 2.50. The zero-order chi connectivity index (χ0) is 14.5. The molecule has 1 heterocycles. The first-order chi connectivity index (χ1) is 9.50. The minimum atomic E-state index is -0.298. The fraction of sp³-hybridized carbons (Fsp3) is 0.533. The van der Waals surface area contributed by atoms with Crippen LogP contribution in [0, 0.1) is 11.2 Å². The van der Waals surface area contributed by atoms with Crippen molar-refractivity contribution in [2.24, 2.45) is 5.41 Å². The molecule has 2 aromatic rings. The van der Waals surface area contributed by atoms with E-state index in [4.69, 9.17) is 16.3 Å². The Morgan fingerprint density at radius 3 is 2.85 bits per heavy atom. The summed E-state index contributed by atoms with van der Waals surface area (Å²) in [6, 6.07) is 5.28. The van der Waals surface area contributed by atoms with Crippen LogP contribution in [0.5, 0.6) is 0 Å². The van der Waals surface area contributed by atoms with Crippen molar-refractivity contribution in [2.75, 3.05) is 7.11 Å². The summed E-state index contributed by atoms with van der Waals surface area (Å²) in [6.45, 7) is 4.33. The normalized spacial score (nSPS) is 24.9. The zero-order valence-electron chi connectivity index (χ0n) is 11.9. The van der Waals surface area contributed by atoms with Gasteiger partial charge in [0.15, 0.2) is 5.82 Å². The van der Waals surface area contributed by atoms with Crippen LogP contribution in [0.2, 0.25) is 0 Å². The number of para-hydroxylation sites is 1. The van der Waals surface area contributed by atoms with Crippen LogP contribution in [0.3, 0.4) is 0 Å². The highest BCUT2D eigenvalue weighted by molar-refractivity contribution is 6.16. The Morgan fingerprint density at radius 2 is 2.25 bits per heavy atom. The molecule has 1 aromatic heterocycles. The number of hydrogen-bond acceptors (Lipinski definition) is 2. The number of ether oxygens (including phenoxy) is 1. The van der Waals surface area contributed by atoms with Crippen molar-refractivity contribution >= 4 is 22.6 Å². The molecule has 0 radical (unpaired) electrons. The van der Waals surface area contributed by atoms with Gasteiger partial charge in [-0.3, -0.25) is 0 Å². The van der Waals surface area contributed by atoms with Gasteiger partial charge >= 0.3 is 0 Å². The second kappa shape index (κ2) is 4.71. The highest BCUT2D eigenvalue weighted by Crippen LogP contribution is 2.52. The Labute approximate surface area is 122 Å². The number of aromatic nitrogens is 2. The van der Waals surface area contributed by atoms with E-state index in [2.05, 4.69) is 23.4 Å². The van der Waals surface area contributed by atoms with E-state index < -0.39 is 0 Å². The molecule has 5 heteroatoms. The summed E-state index contributed by atoms with van der Waals surface area (Å²) < 4.78 is 21.5. The molecule has 0 N–H and O–H groups in total. The predicted octanol–water partition coefficient (Wildman–Crippen LogP) is 3.90. The fourth-order valence-electron chi connectivity index (χ4n) is 3.28. The molecular formula is C15H18ClFN2O. The molecule has 108 valence electrons. The minimum absolute atomic E-state index is 0.0183. The molecule has 0 bridgehead atoms. The van der Waals surface area contributed by atoms with Crippen LogP contribution < -0.4 is 0 Å². The van der Waals surface area contributed by atoms with Gasteiger partial charge in [-0.1, -0.05) is 19.9 Å². The molecule has 0 aliphatic heterocycles. The van der Waals surface area contributed by atoms with Crippen LogP contribution in [0.25, 0.3) is 11.0 Å². The van der Waals surface area contributed by atoms with Gasteiger partial charge in [-0.25, -0.2) is 9.37 Å². The molecule has 0 amide bonds. The van der Waals surface area contributed by atoms with Gasteiger partial charge in [0.1, 0.15) is 11.3 Å². The fourth-order valence-corrected chi connectivity index (χ4v) is 3.46. The van der Waals surface area contributed by atoms with Crippen LogP contribution in [0.1, 0.15) is 32.1 Å². The van der Waals surface area contributed by atoms with Crippen molar-refractivity contribution in [3.8, 4) is 0 Å². The Hall–Kier alpha value is -1.13. The van der Waals surface area contributed by atoms with E-state index in [-0.39, 0.29) is 29.3 Å². The van der Waals surface area contributed by atoms with Gasteiger partial charge in [-0.15, -0.1) is 11.6 Å². The van der Waals surface area contributed by atoms with E-state index in [1.165, 1.54) is 6.07 Å². The molecule has 3 nitrogen and oxygen atoms in total. The lowest BCUT2D eigenvalue weighted by molar-refractivity contribution is -0.112. The number of halogens is 2. The van der Waals surface area contributed by atoms with Crippen LogP contribution in [0.15, 0.2) is 18.2 Å². The largest absolute Gasteiger partial charge is 0.381 e. The summed E-state index contributed by atoms with van der Waals surface area (Å²) >= 11 is 6.01. The topological polar surface area (TPSA) is 27.1 Å². The van der Waals surface area contributed by atoms with Crippen LogP contribution in [-0.2, 0) is 10.6 Å². The molecule has 0 saturated heterocycles. The van der Waals surface area contributed by atoms with Gasteiger partial charge in [-0.2, -0.15) is 0 Å². The summed E-state index contributed by atoms with van der Waals surface area (Å²) in [5.74, 6) is 0.700. The van der Waals surface area contributed by atoms with E-state index in [9.17, 15) is 4.39 Å². The Kier molecular flexibility index (Phi) is 3.26. The average Bonchev–Trinajstić information content (AvgIpc) is 2.78. The third-order valence-corrected chi connectivity index (χ3v) is 4.82. The van der Waals surface area contributed by atoms with Gasteiger partial charge in [0.25, 0.3) is 0 Å². The number of fused-ring (bicyclic) bond motifs is 1. The first-order valence-electron chi connectivity index (χ1n) is 6.74. The first-order valence-corrected chi connectivity index (χ1v) is 7.28. The van der Waals surface area contributed by atoms with Crippen molar-refractivity contribution in [3.63, 3.8) is 0 Å². The monoisotopic (exact) mass is 296 g/mol. The third-order valence-electron chi connectivity index (χ3n) is 4.59. The standard InChI is InChI=1S/C15H18ClFN2O/c1-15(2)11(7-12(15)20-3)19-10-6-4-5-9(17)14(10)18-13(19)8-16/h4-6,11-12H,7-8H2,1-3H3. The van der Waals surface area contributed by atoms with Crippen LogP contribution in [-0.4, -0.2) is 22.8 Å². The van der Waals surface area contributed by atoms with Gasteiger partial charge in [0.05, 0.1) is 17.5 Å². The molecular weight excluding hydrogens is 279 g/mol. The number of hydrogen-bond donors (Lipinski definition) is 0. The van der Waals surface area contributed by atoms with Gasteiger partial charge in [0.2, 0.25) is 0 Å². The molecule has 1 aromatic carbocycles. The first kappa shape index (κ1) is 13.8. The lowest BCUT2D eigenvalue weighted by atomic mass is 9.64. The highest BCUT2D eigenvalue weighted by atomic mass is 35.5.